The van der Waals surface area contributed by atoms with E-state index in [0.717, 1.165) is 13.1 Å². The van der Waals surface area contributed by atoms with Gasteiger partial charge in [0.15, 0.2) is 0 Å². The molecular weight excluding hydrogens is 234 g/mol. The summed E-state index contributed by atoms with van der Waals surface area (Å²) in [6.45, 7) is 13.3. The van der Waals surface area contributed by atoms with Crippen LogP contribution in [0.15, 0.2) is 12.5 Å². The van der Waals surface area contributed by atoms with Crippen LogP contribution in [0.1, 0.15) is 66.0 Å². The van der Waals surface area contributed by atoms with Crippen LogP contribution in [0.2, 0.25) is 0 Å². The average molecular weight is 265 g/mol. The van der Waals surface area contributed by atoms with Crippen LogP contribution in [0.3, 0.4) is 0 Å². The summed E-state index contributed by atoms with van der Waals surface area (Å²) in [7, 11) is 0. The molecule has 0 bridgehead atoms. The van der Waals surface area contributed by atoms with Crippen molar-refractivity contribution in [1.82, 2.24) is 14.9 Å². The molecule has 0 atom stereocenters. The van der Waals surface area contributed by atoms with Crippen molar-refractivity contribution >= 4 is 0 Å². The molecule has 0 aliphatic carbocycles. The average Bonchev–Trinajstić information content (AvgIpc) is 2.73. The molecule has 0 spiro atoms. The fourth-order valence-corrected chi connectivity index (χ4v) is 2.34. The maximum atomic E-state index is 4.30. The van der Waals surface area contributed by atoms with Crippen molar-refractivity contribution in [2.45, 2.75) is 79.4 Å². The van der Waals surface area contributed by atoms with Crippen LogP contribution >= 0.6 is 0 Å². The second-order valence-electron chi connectivity index (χ2n) is 6.67. The van der Waals surface area contributed by atoms with Gasteiger partial charge in [0.05, 0.1) is 12.0 Å². The molecule has 0 amide bonds. The number of hydrogen-bond donors (Lipinski definition) is 1. The molecule has 3 heteroatoms. The van der Waals surface area contributed by atoms with Crippen LogP contribution in [0.4, 0.5) is 0 Å². The third-order valence-corrected chi connectivity index (χ3v) is 3.55. The summed E-state index contributed by atoms with van der Waals surface area (Å²) < 4.78 is 2.31. The SMILES string of the molecule is CCCCCC(C)(C)Cn1cncc1CNC(C)C. The van der Waals surface area contributed by atoms with Crippen molar-refractivity contribution in [3.8, 4) is 0 Å². The number of rotatable bonds is 9. The molecule has 0 saturated heterocycles. The summed E-state index contributed by atoms with van der Waals surface area (Å²) in [6, 6.07) is 0.515. The van der Waals surface area contributed by atoms with Gasteiger partial charge < -0.3 is 9.88 Å². The highest BCUT2D eigenvalue weighted by molar-refractivity contribution is 4.99. The molecule has 19 heavy (non-hydrogen) atoms. The van der Waals surface area contributed by atoms with E-state index in [1.54, 1.807) is 0 Å². The van der Waals surface area contributed by atoms with Gasteiger partial charge >= 0.3 is 0 Å². The minimum atomic E-state index is 0.350. The number of hydrogen-bond acceptors (Lipinski definition) is 2. The fourth-order valence-electron chi connectivity index (χ4n) is 2.34. The summed E-state index contributed by atoms with van der Waals surface area (Å²) in [5.74, 6) is 0. The molecule has 1 heterocycles. The lowest BCUT2D eigenvalue weighted by Crippen LogP contribution is -2.26. The van der Waals surface area contributed by atoms with E-state index in [4.69, 9.17) is 0 Å². The Morgan fingerprint density at radius 3 is 2.68 bits per heavy atom. The highest BCUT2D eigenvalue weighted by Crippen LogP contribution is 2.26. The number of nitrogens with one attached hydrogen (secondary N) is 1. The minimum Gasteiger partial charge on any atom is -0.333 e. The first kappa shape index (κ1) is 16.2. The second-order valence-corrected chi connectivity index (χ2v) is 6.67. The van der Waals surface area contributed by atoms with Crippen LogP contribution in [0, 0.1) is 5.41 Å². The fraction of sp³-hybridized carbons (Fsp3) is 0.812. The molecular formula is C16H31N3. The van der Waals surface area contributed by atoms with E-state index in [0.29, 0.717) is 11.5 Å². The Balaban J connectivity index is 2.53. The molecule has 1 rings (SSSR count). The van der Waals surface area contributed by atoms with E-state index in [1.807, 2.05) is 12.5 Å². The first-order chi connectivity index (χ1) is 8.94. The van der Waals surface area contributed by atoms with Crippen LogP contribution < -0.4 is 5.32 Å². The van der Waals surface area contributed by atoms with Crippen molar-refractivity contribution in [3.63, 3.8) is 0 Å². The topological polar surface area (TPSA) is 29.9 Å². The van der Waals surface area contributed by atoms with Gasteiger partial charge in [0.1, 0.15) is 0 Å². The Bertz CT molecular complexity index is 353. The summed E-state index contributed by atoms with van der Waals surface area (Å²) >= 11 is 0. The Morgan fingerprint density at radius 2 is 2.05 bits per heavy atom. The number of nitrogens with zero attached hydrogens (tertiary/aromatic N) is 2. The summed E-state index contributed by atoms with van der Waals surface area (Å²) in [5.41, 5.74) is 1.64. The van der Waals surface area contributed by atoms with Crippen LogP contribution in [0.25, 0.3) is 0 Å². The highest BCUT2D eigenvalue weighted by atomic mass is 15.1. The van der Waals surface area contributed by atoms with Gasteiger partial charge in [0, 0.05) is 25.3 Å². The molecule has 1 N–H and O–H groups in total. The maximum absolute atomic E-state index is 4.30. The van der Waals surface area contributed by atoms with Gasteiger partial charge in [-0.15, -0.1) is 0 Å². The lowest BCUT2D eigenvalue weighted by atomic mass is 9.86. The molecule has 3 nitrogen and oxygen atoms in total. The number of imidazole rings is 1. The second kappa shape index (κ2) is 7.68. The van der Waals surface area contributed by atoms with Gasteiger partial charge in [-0.1, -0.05) is 53.9 Å². The number of unbranched alkanes of at least 4 members (excludes halogenated alkanes) is 2. The number of aromatic nitrogens is 2. The smallest absolute Gasteiger partial charge is 0.0948 e. The van der Waals surface area contributed by atoms with Crippen molar-refractivity contribution in [3.05, 3.63) is 18.2 Å². The molecule has 1 aromatic heterocycles. The molecule has 0 fully saturated rings. The third-order valence-electron chi connectivity index (χ3n) is 3.55. The zero-order valence-corrected chi connectivity index (χ0v) is 13.4. The molecule has 0 aliphatic rings. The molecule has 0 saturated carbocycles. The third kappa shape index (κ3) is 6.24. The van der Waals surface area contributed by atoms with E-state index in [9.17, 15) is 0 Å². The van der Waals surface area contributed by atoms with E-state index >= 15 is 0 Å². The lowest BCUT2D eigenvalue weighted by molar-refractivity contribution is 0.267. The molecule has 0 radical (unpaired) electrons. The van der Waals surface area contributed by atoms with Crippen LogP contribution in [-0.4, -0.2) is 15.6 Å². The first-order valence-corrected chi connectivity index (χ1v) is 7.67. The lowest BCUT2D eigenvalue weighted by Gasteiger charge is -2.26. The monoisotopic (exact) mass is 265 g/mol. The minimum absolute atomic E-state index is 0.350. The molecule has 110 valence electrons. The van der Waals surface area contributed by atoms with Gasteiger partial charge in [-0.25, -0.2) is 4.98 Å². The van der Waals surface area contributed by atoms with Gasteiger partial charge in [-0.2, -0.15) is 0 Å². The molecule has 0 aliphatic heterocycles. The Morgan fingerprint density at radius 1 is 1.32 bits per heavy atom. The van der Waals surface area contributed by atoms with E-state index < -0.39 is 0 Å². The molecule has 0 aromatic carbocycles. The summed E-state index contributed by atoms with van der Waals surface area (Å²) in [5, 5.41) is 3.47. The summed E-state index contributed by atoms with van der Waals surface area (Å²) in [4.78, 5) is 4.30. The van der Waals surface area contributed by atoms with Crippen LogP contribution in [0.5, 0.6) is 0 Å². The van der Waals surface area contributed by atoms with Crippen molar-refractivity contribution in [2.24, 2.45) is 5.41 Å². The molecule has 0 unspecified atom stereocenters. The van der Waals surface area contributed by atoms with E-state index in [-0.39, 0.29) is 0 Å². The van der Waals surface area contributed by atoms with Gasteiger partial charge in [0.2, 0.25) is 0 Å². The Labute approximate surface area is 118 Å². The van der Waals surface area contributed by atoms with E-state index in [2.05, 4.69) is 49.5 Å². The molecule has 1 aromatic rings. The summed E-state index contributed by atoms with van der Waals surface area (Å²) in [6.07, 6.45) is 9.21. The standard InChI is InChI=1S/C16H31N3/c1-6-7-8-9-16(4,5)12-19-13-17-10-15(19)11-18-14(2)3/h10,13-14,18H,6-9,11-12H2,1-5H3. The van der Waals surface area contributed by atoms with E-state index in [1.165, 1.54) is 31.4 Å². The zero-order valence-electron chi connectivity index (χ0n) is 13.4. The Kier molecular flexibility index (Phi) is 6.56. The normalized spacial score (nSPS) is 12.3. The van der Waals surface area contributed by atoms with Crippen molar-refractivity contribution in [1.29, 1.82) is 0 Å². The predicted octanol–water partition coefficient (Wildman–Crippen LogP) is 3.99. The Hall–Kier alpha value is -0.830. The van der Waals surface area contributed by atoms with Gasteiger partial charge in [-0.05, 0) is 11.8 Å². The van der Waals surface area contributed by atoms with Crippen molar-refractivity contribution in [2.75, 3.05) is 0 Å². The van der Waals surface area contributed by atoms with Gasteiger partial charge in [-0.3, -0.25) is 0 Å². The predicted molar refractivity (Wildman–Crippen MR) is 82.1 cm³/mol. The largest absolute Gasteiger partial charge is 0.333 e. The van der Waals surface area contributed by atoms with Gasteiger partial charge in [0.25, 0.3) is 0 Å². The quantitative estimate of drug-likeness (QED) is 0.684. The zero-order chi connectivity index (χ0) is 14.3. The van der Waals surface area contributed by atoms with Crippen LogP contribution in [-0.2, 0) is 13.1 Å². The maximum Gasteiger partial charge on any atom is 0.0948 e. The highest BCUT2D eigenvalue weighted by Gasteiger charge is 2.19. The van der Waals surface area contributed by atoms with Crippen molar-refractivity contribution < 1.29 is 0 Å². The first-order valence-electron chi connectivity index (χ1n) is 7.67.